The standard InChI is InChI=1S/C16H14BrClN2/c1-20(11-13-3-2-4-15(18)8-13)16-6-5-12(9-17)7-14(16)10-19/h2-8H,9,11H2,1H3. The molecule has 0 fully saturated rings. The van der Waals surface area contributed by atoms with Crippen molar-refractivity contribution < 1.29 is 0 Å². The molecule has 2 rings (SSSR count). The van der Waals surface area contributed by atoms with Gasteiger partial charge in [-0.3, -0.25) is 0 Å². The molecular weight excluding hydrogens is 336 g/mol. The highest BCUT2D eigenvalue weighted by Crippen LogP contribution is 2.23. The fourth-order valence-electron chi connectivity index (χ4n) is 2.08. The molecule has 0 aliphatic carbocycles. The average molecular weight is 350 g/mol. The monoisotopic (exact) mass is 348 g/mol. The van der Waals surface area contributed by atoms with E-state index in [-0.39, 0.29) is 0 Å². The molecule has 4 heteroatoms. The van der Waals surface area contributed by atoms with Crippen LogP contribution in [0.5, 0.6) is 0 Å². The van der Waals surface area contributed by atoms with Gasteiger partial charge < -0.3 is 4.90 Å². The van der Waals surface area contributed by atoms with E-state index < -0.39 is 0 Å². The maximum Gasteiger partial charge on any atom is 0.101 e. The third-order valence-corrected chi connectivity index (χ3v) is 3.94. The number of hydrogen-bond acceptors (Lipinski definition) is 2. The van der Waals surface area contributed by atoms with Gasteiger partial charge in [-0.15, -0.1) is 0 Å². The van der Waals surface area contributed by atoms with E-state index >= 15 is 0 Å². The van der Waals surface area contributed by atoms with Crippen molar-refractivity contribution >= 4 is 33.2 Å². The molecule has 0 heterocycles. The minimum Gasteiger partial charge on any atom is -0.369 e. The number of rotatable bonds is 4. The summed E-state index contributed by atoms with van der Waals surface area (Å²) in [6, 6.07) is 16.0. The van der Waals surface area contributed by atoms with Crippen LogP contribution in [-0.4, -0.2) is 7.05 Å². The maximum atomic E-state index is 9.28. The molecule has 102 valence electrons. The van der Waals surface area contributed by atoms with E-state index in [1.54, 1.807) is 0 Å². The van der Waals surface area contributed by atoms with Gasteiger partial charge in [0.2, 0.25) is 0 Å². The predicted octanol–water partition coefficient (Wildman–Crippen LogP) is 4.74. The number of nitrogens with zero attached hydrogens (tertiary/aromatic N) is 2. The first kappa shape index (κ1) is 14.9. The summed E-state index contributed by atoms with van der Waals surface area (Å²) in [7, 11) is 1.98. The minimum atomic E-state index is 0.687. The molecule has 0 aliphatic heterocycles. The Hall–Kier alpha value is -1.50. The van der Waals surface area contributed by atoms with E-state index in [2.05, 4.69) is 26.9 Å². The van der Waals surface area contributed by atoms with E-state index in [4.69, 9.17) is 11.6 Å². The highest BCUT2D eigenvalue weighted by atomic mass is 79.9. The number of hydrogen-bond donors (Lipinski definition) is 0. The zero-order valence-corrected chi connectivity index (χ0v) is 13.4. The fourth-order valence-corrected chi connectivity index (χ4v) is 2.64. The number of benzene rings is 2. The molecule has 0 atom stereocenters. The van der Waals surface area contributed by atoms with Crippen LogP contribution in [0.1, 0.15) is 16.7 Å². The van der Waals surface area contributed by atoms with E-state index in [1.165, 1.54) is 0 Å². The molecule has 0 saturated carbocycles. The summed E-state index contributed by atoms with van der Waals surface area (Å²) >= 11 is 9.40. The van der Waals surface area contributed by atoms with Gasteiger partial charge in [0.05, 0.1) is 11.3 Å². The molecule has 2 nitrogen and oxygen atoms in total. The quantitative estimate of drug-likeness (QED) is 0.745. The summed E-state index contributed by atoms with van der Waals surface area (Å²) < 4.78 is 0. The smallest absolute Gasteiger partial charge is 0.101 e. The summed E-state index contributed by atoms with van der Waals surface area (Å²) in [5.74, 6) is 0. The third-order valence-electron chi connectivity index (χ3n) is 3.06. The molecule has 0 aliphatic rings. The van der Waals surface area contributed by atoms with Gasteiger partial charge in [0.25, 0.3) is 0 Å². The van der Waals surface area contributed by atoms with Crippen molar-refractivity contribution in [2.75, 3.05) is 11.9 Å². The summed E-state index contributed by atoms with van der Waals surface area (Å²) in [5.41, 5.74) is 3.83. The van der Waals surface area contributed by atoms with E-state index in [9.17, 15) is 5.26 Å². The van der Waals surface area contributed by atoms with Gasteiger partial charge in [0, 0.05) is 23.9 Å². The van der Waals surface area contributed by atoms with E-state index in [1.807, 2.05) is 49.5 Å². The van der Waals surface area contributed by atoms with Crippen LogP contribution < -0.4 is 4.90 Å². The normalized spacial score (nSPS) is 10.1. The molecule has 0 bridgehead atoms. The molecule has 0 spiro atoms. The second-order valence-electron chi connectivity index (χ2n) is 4.58. The molecular formula is C16H14BrClN2. The Morgan fingerprint density at radius 2 is 2.00 bits per heavy atom. The lowest BCUT2D eigenvalue weighted by Crippen LogP contribution is -2.17. The van der Waals surface area contributed by atoms with Gasteiger partial charge in [0.1, 0.15) is 6.07 Å². The van der Waals surface area contributed by atoms with Crippen LogP contribution in [0.4, 0.5) is 5.69 Å². The minimum absolute atomic E-state index is 0.687. The Balaban J connectivity index is 2.25. The zero-order chi connectivity index (χ0) is 14.5. The number of halogens is 2. The van der Waals surface area contributed by atoms with Crippen molar-refractivity contribution in [2.24, 2.45) is 0 Å². The average Bonchev–Trinajstić information content (AvgIpc) is 2.46. The first-order valence-corrected chi connectivity index (χ1v) is 7.68. The first-order chi connectivity index (χ1) is 9.63. The zero-order valence-electron chi connectivity index (χ0n) is 11.1. The van der Waals surface area contributed by atoms with Crippen LogP contribution >= 0.6 is 27.5 Å². The molecule has 0 amide bonds. The fraction of sp³-hybridized carbons (Fsp3) is 0.188. The third kappa shape index (κ3) is 3.53. The molecule has 20 heavy (non-hydrogen) atoms. The highest BCUT2D eigenvalue weighted by molar-refractivity contribution is 9.08. The van der Waals surface area contributed by atoms with Crippen molar-refractivity contribution in [2.45, 2.75) is 11.9 Å². The second-order valence-corrected chi connectivity index (χ2v) is 5.58. The SMILES string of the molecule is CN(Cc1cccc(Cl)c1)c1ccc(CBr)cc1C#N. The molecule has 0 radical (unpaired) electrons. The number of alkyl halides is 1. The van der Waals surface area contributed by atoms with Crippen molar-refractivity contribution in [3.63, 3.8) is 0 Å². The molecule has 0 unspecified atom stereocenters. The predicted molar refractivity (Wildman–Crippen MR) is 87.3 cm³/mol. The molecule has 0 saturated heterocycles. The first-order valence-electron chi connectivity index (χ1n) is 6.18. The van der Waals surface area contributed by atoms with Crippen LogP contribution in [0, 0.1) is 11.3 Å². The van der Waals surface area contributed by atoms with E-state index in [0.29, 0.717) is 12.1 Å². The van der Waals surface area contributed by atoms with Gasteiger partial charge in [-0.05, 0) is 35.4 Å². The second kappa shape index (κ2) is 6.78. The van der Waals surface area contributed by atoms with Crippen molar-refractivity contribution in [1.82, 2.24) is 0 Å². The lowest BCUT2D eigenvalue weighted by atomic mass is 10.1. The Morgan fingerprint density at radius 1 is 1.20 bits per heavy atom. The molecule has 2 aromatic rings. The van der Waals surface area contributed by atoms with Gasteiger partial charge in [-0.1, -0.05) is 45.7 Å². The largest absolute Gasteiger partial charge is 0.369 e. The summed E-state index contributed by atoms with van der Waals surface area (Å²) in [4.78, 5) is 2.06. The van der Waals surface area contributed by atoms with Gasteiger partial charge in [-0.25, -0.2) is 0 Å². The van der Waals surface area contributed by atoms with Gasteiger partial charge in [0.15, 0.2) is 0 Å². The summed E-state index contributed by atoms with van der Waals surface area (Å²) in [6.45, 7) is 0.711. The van der Waals surface area contributed by atoms with E-state index in [0.717, 1.165) is 27.2 Å². The van der Waals surface area contributed by atoms with Gasteiger partial charge in [-0.2, -0.15) is 5.26 Å². The Bertz CT molecular complexity index is 649. The number of nitriles is 1. The summed E-state index contributed by atoms with van der Waals surface area (Å²) in [5, 5.41) is 10.8. The Morgan fingerprint density at radius 3 is 2.65 bits per heavy atom. The van der Waals surface area contributed by atoms with Crippen LogP contribution in [-0.2, 0) is 11.9 Å². The van der Waals surface area contributed by atoms with Crippen molar-refractivity contribution in [3.05, 3.63) is 64.2 Å². The number of anilines is 1. The molecule has 2 aromatic carbocycles. The lowest BCUT2D eigenvalue weighted by molar-refractivity contribution is 0.920. The van der Waals surface area contributed by atoms with Crippen LogP contribution in [0.15, 0.2) is 42.5 Å². The van der Waals surface area contributed by atoms with Crippen molar-refractivity contribution in [1.29, 1.82) is 5.26 Å². The summed E-state index contributed by atoms with van der Waals surface area (Å²) in [6.07, 6.45) is 0. The molecule has 0 aromatic heterocycles. The topological polar surface area (TPSA) is 27.0 Å². The Kier molecular flexibility index (Phi) is 5.05. The maximum absolute atomic E-state index is 9.28. The van der Waals surface area contributed by atoms with Crippen LogP contribution in [0.2, 0.25) is 5.02 Å². The lowest BCUT2D eigenvalue weighted by Gasteiger charge is -2.21. The molecule has 0 N–H and O–H groups in total. The van der Waals surface area contributed by atoms with Crippen molar-refractivity contribution in [3.8, 4) is 6.07 Å². The van der Waals surface area contributed by atoms with Crippen LogP contribution in [0.25, 0.3) is 0 Å². The Labute approximate surface area is 132 Å². The highest BCUT2D eigenvalue weighted by Gasteiger charge is 2.09. The van der Waals surface area contributed by atoms with Gasteiger partial charge >= 0.3 is 0 Å². The van der Waals surface area contributed by atoms with Crippen LogP contribution in [0.3, 0.4) is 0 Å².